The maximum Gasteiger partial charge on any atom is 0.267 e. The summed E-state index contributed by atoms with van der Waals surface area (Å²) in [6, 6.07) is 24.4. The third kappa shape index (κ3) is 5.46. The number of aromatic hydroxyl groups is 2. The van der Waals surface area contributed by atoms with Crippen LogP contribution in [0.4, 0.5) is 11.4 Å². The lowest BCUT2D eigenvalue weighted by Gasteiger charge is -2.12. The molecule has 8 rings (SSSR count). The van der Waals surface area contributed by atoms with E-state index in [0.717, 1.165) is 24.0 Å². The van der Waals surface area contributed by atoms with Crippen molar-refractivity contribution in [3.05, 3.63) is 128 Å². The van der Waals surface area contributed by atoms with Crippen molar-refractivity contribution in [2.75, 3.05) is 24.9 Å². The molecule has 252 valence electrons. The molecule has 4 N–H and O–H groups in total. The summed E-state index contributed by atoms with van der Waals surface area (Å²) in [7, 11) is 3.11. The van der Waals surface area contributed by atoms with Crippen LogP contribution in [0.2, 0.25) is 0 Å². The largest absolute Gasteiger partial charge is 0.506 e. The summed E-state index contributed by atoms with van der Waals surface area (Å²) in [4.78, 5) is 50.7. The number of nitrogens with zero attached hydrogens (tertiary/aromatic N) is 2. The lowest BCUT2D eigenvalue weighted by Crippen LogP contribution is -2.28. The van der Waals surface area contributed by atoms with Crippen LogP contribution in [0.1, 0.15) is 31.8 Å². The molecule has 0 radical (unpaired) electrons. The Kier molecular flexibility index (Phi) is 8.20. The molecule has 2 aromatic heterocycles. The summed E-state index contributed by atoms with van der Waals surface area (Å²) in [5.41, 5.74) is 3.06. The fourth-order valence-corrected chi connectivity index (χ4v) is 6.59. The Labute approximate surface area is 284 Å². The molecule has 2 aliphatic rings. The number of pyridine rings is 2. The van der Waals surface area contributed by atoms with Gasteiger partial charge in [-0.15, -0.1) is 0 Å². The second-order valence-corrected chi connectivity index (χ2v) is 11.9. The maximum absolute atomic E-state index is 12.7. The summed E-state index contributed by atoms with van der Waals surface area (Å²) < 4.78 is 13.3. The van der Waals surface area contributed by atoms with Crippen molar-refractivity contribution < 1.29 is 29.3 Å². The van der Waals surface area contributed by atoms with Gasteiger partial charge in [-0.1, -0.05) is 24.3 Å². The first-order valence-electron chi connectivity index (χ1n) is 15.9. The minimum absolute atomic E-state index is 0.234. The van der Waals surface area contributed by atoms with E-state index in [0.29, 0.717) is 57.8 Å². The van der Waals surface area contributed by atoms with Crippen molar-refractivity contribution >= 4 is 45.0 Å². The fourth-order valence-electron chi connectivity index (χ4n) is 6.59. The number of hydrogen-bond donors (Lipinski definition) is 4. The second kappa shape index (κ2) is 12.8. The molecule has 0 fully saturated rings. The number of carbonyl (C=O) groups excluding carboxylic acids is 2. The van der Waals surface area contributed by atoms with Crippen LogP contribution in [0.5, 0.6) is 23.0 Å². The first-order chi connectivity index (χ1) is 24.2. The number of aryl methyl sites for hydroxylation is 4. The van der Waals surface area contributed by atoms with Gasteiger partial charge < -0.3 is 39.5 Å². The van der Waals surface area contributed by atoms with Gasteiger partial charge in [0, 0.05) is 35.2 Å². The third-order valence-corrected chi connectivity index (χ3v) is 9.04. The van der Waals surface area contributed by atoms with Crippen molar-refractivity contribution in [2.24, 2.45) is 0 Å². The van der Waals surface area contributed by atoms with Crippen LogP contribution in [0.25, 0.3) is 21.8 Å². The maximum atomic E-state index is 12.7. The Hall–Kier alpha value is -6.56. The number of nitrogens with one attached hydrogen (secondary N) is 2. The number of anilines is 2. The number of amides is 2. The predicted octanol–water partition coefficient (Wildman–Crippen LogP) is 5.05. The Bertz CT molecular complexity index is 2280. The zero-order valence-corrected chi connectivity index (χ0v) is 27.1. The molecular formula is C38H32N4O8. The van der Waals surface area contributed by atoms with Crippen molar-refractivity contribution in [2.45, 2.75) is 25.9 Å². The molecule has 2 aliphatic heterocycles. The summed E-state index contributed by atoms with van der Waals surface area (Å²) in [5, 5.41) is 27.4. The lowest BCUT2D eigenvalue weighted by molar-refractivity contribution is 0.101. The molecule has 12 heteroatoms. The van der Waals surface area contributed by atoms with E-state index in [1.807, 2.05) is 24.3 Å². The van der Waals surface area contributed by atoms with Crippen LogP contribution < -0.4 is 31.2 Å². The molecule has 0 unspecified atom stereocenters. The average Bonchev–Trinajstić information content (AvgIpc) is 3.77. The van der Waals surface area contributed by atoms with E-state index >= 15 is 0 Å². The molecule has 0 spiro atoms. The van der Waals surface area contributed by atoms with E-state index in [9.17, 15) is 29.4 Å². The minimum atomic E-state index is -0.629. The second-order valence-electron chi connectivity index (χ2n) is 11.9. The Morgan fingerprint density at radius 2 is 0.980 bits per heavy atom. The molecular weight excluding hydrogens is 640 g/mol. The zero-order chi connectivity index (χ0) is 35.1. The smallest absolute Gasteiger partial charge is 0.267 e. The normalized spacial score (nSPS) is 12.4. The summed E-state index contributed by atoms with van der Waals surface area (Å²) in [6.07, 6.45) is 1.44. The van der Waals surface area contributed by atoms with Gasteiger partial charge in [0.2, 0.25) is 0 Å². The Morgan fingerprint density at radius 1 is 0.600 bits per heavy atom. The number of benzene rings is 4. The highest BCUT2D eigenvalue weighted by Gasteiger charge is 2.27. The van der Waals surface area contributed by atoms with Crippen LogP contribution in [0.3, 0.4) is 0 Å². The van der Waals surface area contributed by atoms with E-state index in [1.54, 1.807) is 84.0 Å². The quantitative estimate of drug-likeness (QED) is 0.191. The predicted molar refractivity (Wildman–Crippen MR) is 189 cm³/mol. The third-order valence-electron chi connectivity index (χ3n) is 9.04. The van der Waals surface area contributed by atoms with Crippen LogP contribution in [0, 0.1) is 0 Å². The van der Waals surface area contributed by atoms with Gasteiger partial charge in [0.25, 0.3) is 22.9 Å². The molecule has 0 atom stereocenters. The van der Waals surface area contributed by atoms with Crippen molar-refractivity contribution in [1.29, 1.82) is 0 Å². The van der Waals surface area contributed by atoms with Gasteiger partial charge in [0.15, 0.2) is 0 Å². The first-order valence-corrected chi connectivity index (χ1v) is 15.9. The Morgan fingerprint density at radius 3 is 1.34 bits per heavy atom. The topological polar surface area (TPSA) is 161 Å². The van der Waals surface area contributed by atoms with Gasteiger partial charge in [-0.25, -0.2) is 0 Å². The number of ether oxygens (including phenoxy) is 2. The highest BCUT2D eigenvalue weighted by molar-refractivity contribution is 6.10. The van der Waals surface area contributed by atoms with Gasteiger partial charge in [0.1, 0.15) is 34.1 Å². The number of hydrogen-bond acceptors (Lipinski definition) is 8. The summed E-state index contributed by atoms with van der Waals surface area (Å²) >= 11 is 0. The van der Waals surface area contributed by atoms with Crippen molar-refractivity contribution in [1.82, 2.24) is 9.13 Å². The van der Waals surface area contributed by atoms with Crippen LogP contribution >= 0.6 is 0 Å². The molecule has 4 aromatic carbocycles. The standard InChI is InChI=1S/2C19H16N2O4/c2*1-25-13-7-5-12(6-8-13)20-18(23)15-17(22)14-4-2-3-11-9-10-21(16(11)14)19(15)24/h2*2-8,22H,9-10H2,1H3,(H,20,23). The van der Waals surface area contributed by atoms with Gasteiger partial charge in [-0.2, -0.15) is 0 Å². The van der Waals surface area contributed by atoms with E-state index < -0.39 is 22.9 Å². The van der Waals surface area contributed by atoms with Gasteiger partial charge in [-0.05, 0) is 84.6 Å². The highest BCUT2D eigenvalue weighted by Crippen LogP contribution is 2.34. The van der Waals surface area contributed by atoms with Crippen LogP contribution in [-0.2, 0) is 25.9 Å². The summed E-state index contributed by atoms with van der Waals surface area (Å²) in [5.74, 6) is -0.483. The van der Waals surface area contributed by atoms with Gasteiger partial charge in [-0.3, -0.25) is 19.2 Å². The molecule has 0 aliphatic carbocycles. The van der Waals surface area contributed by atoms with Gasteiger partial charge in [0.05, 0.1) is 25.3 Å². The first kappa shape index (κ1) is 32.0. The minimum Gasteiger partial charge on any atom is -0.506 e. The highest BCUT2D eigenvalue weighted by atomic mass is 16.5. The molecule has 0 saturated carbocycles. The Balaban J connectivity index is 0.000000157. The van der Waals surface area contributed by atoms with E-state index in [2.05, 4.69) is 10.6 Å². The molecule has 0 bridgehead atoms. The zero-order valence-electron chi connectivity index (χ0n) is 27.1. The summed E-state index contributed by atoms with van der Waals surface area (Å²) in [6.45, 7) is 1.02. The monoisotopic (exact) mass is 672 g/mol. The van der Waals surface area contributed by atoms with Crippen molar-refractivity contribution in [3.63, 3.8) is 0 Å². The number of aromatic nitrogens is 2. The molecule has 2 amide bonds. The van der Waals surface area contributed by atoms with Crippen LogP contribution in [0.15, 0.2) is 94.5 Å². The number of carbonyl (C=O) groups is 2. The van der Waals surface area contributed by atoms with E-state index in [1.165, 1.54) is 0 Å². The molecule has 0 saturated heterocycles. The number of para-hydroxylation sites is 2. The molecule has 6 aromatic rings. The number of methoxy groups -OCH3 is 2. The van der Waals surface area contributed by atoms with Crippen molar-refractivity contribution in [3.8, 4) is 23.0 Å². The lowest BCUT2D eigenvalue weighted by atomic mass is 10.1. The molecule has 12 nitrogen and oxygen atoms in total. The molecule has 50 heavy (non-hydrogen) atoms. The molecule has 4 heterocycles. The number of rotatable bonds is 6. The van der Waals surface area contributed by atoms with E-state index in [4.69, 9.17) is 9.47 Å². The van der Waals surface area contributed by atoms with Gasteiger partial charge >= 0.3 is 0 Å². The van der Waals surface area contributed by atoms with E-state index in [-0.39, 0.29) is 22.6 Å². The fraction of sp³-hybridized carbons (Fsp3) is 0.158. The average molecular weight is 673 g/mol. The van der Waals surface area contributed by atoms with Crippen LogP contribution in [-0.4, -0.2) is 45.4 Å². The SMILES string of the molecule is COc1ccc(NC(=O)c2c(O)c3cccc4c3n(c2=O)CC4)cc1.COc1ccc(NC(=O)c2c(O)c3cccc4c3n(c2=O)CC4)cc1.